The van der Waals surface area contributed by atoms with Crippen molar-refractivity contribution in [1.82, 2.24) is 10.2 Å². The number of ether oxygens (including phenoxy) is 1. The van der Waals surface area contributed by atoms with Gasteiger partial charge in [-0.25, -0.2) is 0 Å². The minimum atomic E-state index is -0.0451. The molecule has 0 spiro atoms. The fourth-order valence-corrected chi connectivity index (χ4v) is 3.62. The van der Waals surface area contributed by atoms with Gasteiger partial charge in [0.1, 0.15) is 12.4 Å². The Morgan fingerprint density at radius 2 is 2.08 bits per heavy atom. The zero-order valence-corrected chi connectivity index (χ0v) is 16.2. The Bertz CT molecular complexity index is 698. The van der Waals surface area contributed by atoms with Gasteiger partial charge in [-0.05, 0) is 37.5 Å². The monoisotopic (exact) mass is 359 g/mol. The summed E-state index contributed by atoms with van der Waals surface area (Å²) in [5.41, 5.74) is 1.52. The lowest BCUT2D eigenvalue weighted by atomic mass is 10.1. The Kier molecular flexibility index (Phi) is 5.12. The molecular weight excluding hydrogens is 330 g/mol. The quantitative estimate of drug-likeness (QED) is 0.847. The molecule has 0 radical (unpaired) electrons. The third-order valence-corrected chi connectivity index (χ3v) is 5.38. The standard InChI is InChI=1S/C20H29N3O3/c1-5-8-20(9-10-20)21-18(24)12-15-13-26-17-7-6-14(19(25)22(2)3)11-16(17)23(15)4/h6-7,11,15H,5,8-10,12-13H2,1-4H3,(H,21,24)/t15-/m1/s1. The molecule has 6 nitrogen and oxygen atoms in total. The fourth-order valence-electron chi connectivity index (χ4n) is 3.62. The molecular formula is C20H29N3O3. The normalized spacial score (nSPS) is 20.0. The first-order valence-electron chi connectivity index (χ1n) is 9.37. The van der Waals surface area contributed by atoms with Crippen LogP contribution in [0, 0.1) is 0 Å². The van der Waals surface area contributed by atoms with Gasteiger partial charge in [-0.15, -0.1) is 0 Å². The molecule has 0 aromatic heterocycles. The van der Waals surface area contributed by atoms with Gasteiger partial charge in [0.2, 0.25) is 5.91 Å². The number of amides is 2. The number of fused-ring (bicyclic) bond motifs is 1. The Balaban J connectivity index is 1.68. The molecule has 142 valence electrons. The number of benzene rings is 1. The van der Waals surface area contributed by atoms with Crippen LogP contribution in [0.4, 0.5) is 5.69 Å². The number of nitrogens with one attached hydrogen (secondary N) is 1. The molecule has 1 heterocycles. The highest BCUT2D eigenvalue weighted by molar-refractivity contribution is 5.95. The van der Waals surface area contributed by atoms with Gasteiger partial charge in [0.25, 0.3) is 5.91 Å². The molecule has 0 unspecified atom stereocenters. The maximum atomic E-state index is 12.5. The molecule has 1 fully saturated rings. The number of carbonyl (C=O) groups excluding carboxylic acids is 2. The Labute approximate surface area is 155 Å². The Morgan fingerprint density at radius 1 is 1.35 bits per heavy atom. The number of nitrogens with zero attached hydrogens (tertiary/aromatic N) is 2. The van der Waals surface area contributed by atoms with E-state index in [2.05, 4.69) is 17.1 Å². The van der Waals surface area contributed by atoms with Gasteiger partial charge in [-0.2, -0.15) is 0 Å². The zero-order chi connectivity index (χ0) is 18.9. The van der Waals surface area contributed by atoms with Crippen LogP contribution >= 0.6 is 0 Å². The van der Waals surface area contributed by atoms with Gasteiger partial charge in [-0.3, -0.25) is 9.59 Å². The largest absolute Gasteiger partial charge is 0.489 e. The van der Waals surface area contributed by atoms with Gasteiger partial charge >= 0.3 is 0 Å². The maximum absolute atomic E-state index is 12.5. The van der Waals surface area contributed by atoms with Crippen molar-refractivity contribution in [3.05, 3.63) is 23.8 Å². The van der Waals surface area contributed by atoms with Crippen molar-refractivity contribution in [2.24, 2.45) is 0 Å². The number of hydrogen-bond donors (Lipinski definition) is 1. The van der Waals surface area contributed by atoms with Gasteiger partial charge in [0.15, 0.2) is 0 Å². The molecule has 1 N–H and O–H groups in total. The first-order valence-corrected chi connectivity index (χ1v) is 9.37. The number of rotatable bonds is 6. The molecule has 1 aromatic rings. The lowest BCUT2D eigenvalue weighted by molar-refractivity contribution is -0.122. The van der Waals surface area contributed by atoms with Gasteiger partial charge < -0.3 is 19.9 Å². The van der Waals surface area contributed by atoms with E-state index in [4.69, 9.17) is 4.74 Å². The van der Waals surface area contributed by atoms with Crippen LogP contribution in [-0.4, -0.2) is 56.0 Å². The summed E-state index contributed by atoms with van der Waals surface area (Å²) in [7, 11) is 5.43. The topological polar surface area (TPSA) is 61.9 Å². The predicted molar refractivity (Wildman–Crippen MR) is 102 cm³/mol. The molecule has 0 saturated heterocycles. The van der Waals surface area contributed by atoms with Crippen LogP contribution in [0.3, 0.4) is 0 Å². The molecule has 6 heteroatoms. The van der Waals surface area contributed by atoms with E-state index in [9.17, 15) is 9.59 Å². The van der Waals surface area contributed by atoms with Crippen LogP contribution in [0.15, 0.2) is 18.2 Å². The van der Waals surface area contributed by atoms with Gasteiger partial charge in [-0.1, -0.05) is 13.3 Å². The lowest BCUT2D eigenvalue weighted by Gasteiger charge is -2.36. The van der Waals surface area contributed by atoms with Crippen molar-refractivity contribution in [2.45, 2.75) is 50.6 Å². The number of hydrogen-bond acceptors (Lipinski definition) is 4. The van der Waals surface area contributed by atoms with Crippen molar-refractivity contribution in [1.29, 1.82) is 0 Å². The molecule has 1 aromatic carbocycles. The second-order valence-corrected chi connectivity index (χ2v) is 7.74. The van der Waals surface area contributed by atoms with Gasteiger partial charge in [0.05, 0.1) is 18.2 Å². The molecule has 1 atom stereocenters. The molecule has 1 aliphatic carbocycles. The summed E-state index contributed by atoms with van der Waals surface area (Å²) < 4.78 is 5.85. The molecule has 2 aliphatic rings. The van der Waals surface area contributed by atoms with Crippen molar-refractivity contribution < 1.29 is 14.3 Å². The molecule has 1 saturated carbocycles. The average Bonchev–Trinajstić information content (AvgIpc) is 3.35. The van der Waals surface area contributed by atoms with Crippen LogP contribution in [-0.2, 0) is 4.79 Å². The van der Waals surface area contributed by atoms with E-state index in [0.717, 1.165) is 37.1 Å². The predicted octanol–water partition coefficient (Wildman–Crippen LogP) is 2.42. The van der Waals surface area contributed by atoms with Crippen LogP contribution < -0.4 is 15.0 Å². The molecule has 1 aliphatic heterocycles. The smallest absolute Gasteiger partial charge is 0.253 e. The summed E-state index contributed by atoms with van der Waals surface area (Å²) in [6, 6.07) is 5.43. The Morgan fingerprint density at radius 3 is 2.69 bits per heavy atom. The van der Waals surface area contributed by atoms with Crippen LogP contribution in [0.25, 0.3) is 0 Å². The van der Waals surface area contributed by atoms with Crippen LogP contribution in [0.5, 0.6) is 5.75 Å². The first kappa shape index (κ1) is 18.5. The van der Waals surface area contributed by atoms with E-state index in [1.54, 1.807) is 25.1 Å². The minimum Gasteiger partial charge on any atom is -0.489 e. The van der Waals surface area contributed by atoms with E-state index >= 15 is 0 Å². The number of anilines is 1. The SMILES string of the molecule is CCCC1(NC(=O)C[C@@H]2COc3ccc(C(=O)N(C)C)cc3N2C)CC1. The second kappa shape index (κ2) is 7.17. The molecule has 3 rings (SSSR count). The van der Waals surface area contributed by atoms with Crippen LogP contribution in [0.1, 0.15) is 49.4 Å². The molecule has 0 bridgehead atoms. The molecule has 2 amide bonds. The zero-order valence-electron chi connectivity index (χ0n) is 16.2. The summed E-state index contributed by atoms with van der Waals surface area (Å²) in [6.07, 6.45) is 4.70. The minimum absolute atomic E-state index is 0.0374. The highest BCUT2D eigenvalue weighted by Gasteiger charge is 2.43. The van der Waals surface area contributed by atoms with Crippen molar-refractivity contribution in [3.8, 4) is 5.75 Å². The highest BCUT2D eigenvalue weighted by Crippen LogP contribution is 2.40. The third kappa shape index (κ3) is 3.79. The van der Waals surface area contributed by atoms with Crippen LogP contribution in [0.2, 0.25) is 0 Å². The van der Waals surface area contributed by atoms with Crippen molar-refractivity contribution in [2.75, 3.05) is 32.6 Å². The van der Waals surface area contributed by atoms with E-state index in [-0.39, 0.29) is 23.4 Å². The van der Waals surface area contributed by atoms with Crippen molar-refractivity contribution >= 4 is 17.5 Å². The summed E-state index contributed by atoms with van der Waals surface area (Å²) in [6.45, 7) is 2.62. The summed E-state index contributed by atoms with van der Waals surface area (Å²) in [5, 5.41) is 3.22. The van der Waals surface area contributed by atoms with Crippen molar-refractivity contribution in [3.63, 3.8) is 0 Å². The maximum Gasteiger partial charge on any atom is 0.253 e. The lowest BCUT2D eigenvalue weighted by Crippen LogP contribution is -2.46. The van der Waals surface area contributed by atoms with E-state index in [1.807, 2.05) is 19.2 Å². The molecule has 26 heavy (non-hydrogen) atoms. The average molecular weight is 359 g/mol. The number of likely N-dealkylation sites (N-methyl/N-ethyl adjacent to an activating group) is 1. The van der Waals surface area contributed by atoms with E-state index in [0.29, 0.717) is 18.6 Å². The summed E-state index contributed by atoms with van der Waals surface area (Å²) >= 11 is 0. The Hall–Kier alpha value is -2.24. The first-order chi connectivity index (χ1) is 12.3. The summed E-state index contributed by atoms with van der Waals surface area (Å²) in [5.74, 6) is 0.792. The second-order valence-electron chi connectivity index (χ2n) is 7.74. The van der Waals surface area contributed by atoms with E-state index < -0.39 is 0 Å². The highest BCUT2D eigenvalue weighted by atomic mass is 16.5. The summed E-state index contributed by atoms with van der Waals surface area (Å²) in [4.78, 5) is 28.3. The van der Waals surface area contributed by atoms with E-state index in [1.165, 1.54) is 0 Å². The number of carbonyl (C=O) groups is 2. The fraction of sp³-hybridized carbons (Fsp3) is 0.600. The third-order valence-electron chi connectivity index (χ3n) is 5.38. The van der Waals surface area contributed by atoms with Gasteiger partial charge in [0, 0.05) is 32.2 Å².